The van der Waals surface area contributed by atoms with Gasteiger partial charge < -0.3 is 15.7 Å². The first-order valence-electron chi connectivity index (χ1n) is 4.96. The molecule has 0 unspecified atom stereocenters. The van der Waals surface area contributed by atoms with Crippen LogP contribution in [0.4, 0.5) is 0 Å². The SMILES string of the molecule is COCCNS(=O)(=O)NCC(C)(C)C(N)=NO. The number of rotatable bonds is 8. The Labute approximate surface area is 101 Å². The van der Waals surface area contributed by atoms with Crippen LogP contribution < -0.4 is 15.2 Å². The van der Waals surface area contributed by atoms with Gasteiger partial charge in [0.05, 0.1) is 6.61 Å². The van der Waals surface area contributed by atoms with Crippen molar-refractivity contribution in [2.24, 2.45) is 16.3 Å². The van der Waals surface area contributed by atoms with Gasteiger partial charge in [0.1, 0.15) is 5.84 Å². The van der Waals surface area contributed by atoms with E-state index in [-0.39, 0.29) is 25.5 Å². The highest BCUT2D eigenvalue weighted by Crippen LogP contribution is 2.13. The van der Waals surface area contributed by atoms with Crippen LogP contribution >= 0.6 is 0 Å². The quantitative estimate of drug-likeness (QED) is 0.145. The zero-order valence-electron chi connectivity index (χ0n) is 10.2. The Morgan fingerprint density at radius 2 is 2.06 bits per heavy atom. The van der Waals surface area contributed by atoms with Crippen molar-refractivity contribution in [2.75, 3.05) is 26.8 Å². The molecule has 0 aliphatic heterocycles. The van der Waals surface area contributed by atoms with Crippen LogP contribution in [0, 0.1) is 5.41 Å². The first kappa shape index (κ1) is 16.1. The molecule has 0 rings (SSSR count). The molecule has 0 aromatic carbocycles. The lowest BCUT2D eigenvalue weighted by Gasteiger charge is -2.23. The molecule has 9 heteroatoms. The van der Waals surface area contributed by atoms with Gasteiger partial charge in [-0.15, -0.1) is 0 Å². The molecule has 0 bridgehead atoms. The molecular weight excluding hydrogens is 248 g/mol. The largest absolute Gasteiger partial charge is 0.409 e. The number of nitrogens with two attached hydrogens (primary N) is 1. The van der Waals surface area contributed by atoms with Gasteiger partial charge in [-0.05, 0) is 0 Å². The summed E-state index contributed by atoms with van der Waals surface area (Å²) in [6.07, 6.45) is 0. The summed E-state index contributed by atoms with van der Waals surface area (Å²) in [7, 11) is -2.13. The predicted octanol–water partition coefficient (Wildman–Crippen LogP) is -1.17. The van der Waals surface area contributed by atoms with Crippen LogP contribution in [0.25, 0.3) is 0 Å². The van der Waals surface area contributed by atoms with E-state index in [2.05, 4.69) is 14.6 Å². The van der Waals surface area contributed by atoms with Crippen molar-refractivity contribution in [2.45, 2.75) is 13.8 Å². The molecule has 0 saturated heterocycles. The fraction of sp³-hybridized carbons (Fsp3) is 0.875. The summed E-state index contributed by atoms with van der Waals surface area (Å²) in [5.41, 5.74) is 4.65. The summed E-state index contributed by atoms with van der Waals surface area (Å²) in [6.45, 7) is 3.78. The molecule has 17 heavy (non-hydrogen) atoms. The van der Waals surface area contributed by atoms with Crippen molar-refractivity contribution in [3.05, 3.63) is 0 Å². The predicted molar refractivity (Wildman–Crippen MR) is 64.0 cm³/mol. The Bertz CT molecular complexity index is 353. The van der Waals surface area contributed by atoms with E-state index in [4.69, 9.17) is 15.7 Å². The summed E-state index contributed by atoms with van der Waals surface area (Å²) in [6, 6.07) is 0. The lowest BCUT2D eigenvalue weighted by molar-refractivity contribution is 0.204. The standard InChI is InChI=1S/C8H20N4O4S/c1-8(2,7(9)12-13)6-11-17(14,15)10-4-5-16-3/h10-11,13H,4-6H2,1-3H3,(H2,9,12). The van der Waals surface area contributed by atoms with E-state index in [1.54, 1.807) is 13.8 Å². The van der Waals surface area contributed by atoms with Crippen LogP contribution in [0.15, 0.2) is 5.16 Å². The number of hydrogen-bond donors (Lipinski definition) is 4. The molecule has 5 N–H and O–H groups in total. The average molecular weight is 268 g/mol. The topological polar surface area (TPSA) is 126 Å². The number of hydrogen-bond acceptors (Lipinski definition) is 5. The van der Waals surface area contributed by atoms with Gasteiger partial charge in [-0.2, -0.15) is 13.1 Å². The van der Waals surface area contributed by atoms with Crippen molar-refractivity contribution < 1.29 is 18.4 Å². The zero-order valence-corrected chi connectivity index (χ0v) is 11.0. The highest BCUT2D eigenvalue weighted by atomic mass is 32.2. The second-order valence-electron chi connectivity index (χ2n) is 4.08. The fourth-order valence-corrected chi connectivity index (χ4v) is 1.84. The van der Waals surface area contributed by atoms with Crippen LogP contribution in [0.5, 0.6) is 0 Å². The Balaban J connectivity index is 4.27. The number of amidine groups is 1. The number of oxime groups is 1. The molecule has 8 nitrogen and oxygen atoms in total. The van der Waals surface area contributed by atoms with Crippen molar-refractivity contribution in [1.29, 1.82) is 0 Å². The van der Waals surface area contributed by atoms with Crippen LogP contribution in [-0.4, -0.2) is 46.3 Å². The molecule has 0 aromatic heterocycles. The smallest absolute Gasteiger partial charge is 0.277 e. The lowest BCUT2D eigenvalue weighted by Crippen LogP contribution is -2.46. The molecule has 0 heterocycles. The normalized spacial score (nSPS) is 13.9. The van der Waals surface area contributed by atoms with Gasteiger partial charge in [0.15, 0.2) is 0 Å². The number of nitrogens with zero attached hydrogens (tertiary/aromatic N) is 1. The third kappa shape index (κ3) is 6.41. The maximum absolute atomic E-state index is 11.4. The monoisotopic (exact) mass is 268 g/mol. The highest BCUT2D eigenvalue weighted by Gasteiger charge is 2.25. The molecule has 0 saturated carbocycles. The van der Waals surface area contributed by atoms with Gasteiger partial charge in [0.2, 0.25) is 0 Å². The molecule has 0 fully saturated rings. The summed E-state index contributed by atoms with van der Waals surface area (Å²) in [4.78, 5) is 0. The molecular formula is C8H20N4O4S. The zero-order chi connectivity index (χ0) is 13.5. The van der Waals surface area contributed by atoms with Crippen LogP contribution in [-0.2, 0) is 14.9 Å². The minimum Gasteiger partial charge on any atom is -0.409 e. The van der Waals surface area contributed by atoms with E-state index in [9.17, 15) is 8.42 Å². The minimum absolute atomic E-state index is 0.0191. The van der Waals surface area contributed by atoms with Crippen molar-refractivity contribution >= 4 is 16.0 Å². The molecule has 0 amide bonds. The van der Waals surface area contributed by atoms with E-state index in [1.165, 1.54) is 7.11 Å². The fourth-order valence-electron chi connectivity index (χ4n) is 0.830. The van der Waals surface area contributed by atoms with E-state index in [0.717, 1.165) is 0 Å². The minimum atomic E-state index is -3.60. The third-order valence-corrected chi connectivity index (χ3v) is 3.21. The maximum Gasteiger partial charge on any atom is 0.277 e. The van der Waals surface area contributed by atoms with Gasteiger partial charge in [0.25, 0.3) is 10.2 Å². The van der Waals surface area contributed by atoms with Gasteiger partial charge >= 0.3 is 0 Å². The Morgan fingerprint density at radius 1 is 1.47 bits per heavy atom. The first-order chi connectivity index (χ1) is 7.75. The highest BCUT2D eigenvalue weighted by molar-refractivity contribution is 7.87. The van der Waals surface area contributed by atoms with Gasteiger partial charge in [0, 0.05) is 25.6 Å². The number of nitrogens with one attached hydrogen (secondary N) is 2. The maximum atomic E-state index is 11.4. The lowest BCUT2D eigenvalue weighted by atomic mass is 9.93. The second-order valence-corrected chi connectivity index (χ2v) is 5.67. The number of methoxy groups -OCH3 is 1. The molecule has 0 aliphatic carbocycles. The van der Waals surface area contributed by atoms with Crippen molar-refractivity contribution in [1.82, 2.24) is 9.44 Å². The molecule has 0 aromatic rings. The molecule has 0 atom stereocenters. The number of ether oxygens (including phenoxy) is 1. The Morgan fingerprint density at radius 3 is 2.53 bits per heavy atom. The van der Waals surface area contributed by atoms with E-state index >= 15 is 0 Å². The van der Waals surface area contributed by atoms with Crippen LogP contribution in [0.2, 0.25) is 0 Å². The van der Waals surface area contributed by atoms with E-state index < -0.39 is 15.6 Å². The van der Waals surface area contributed by atoms with Crippen molar-refractivity contribution in [3.63, 3.8) is 0 Å². The molecule has 0 spiro atoms. The van der Waals surface area contributed by atoms with Crippen molar-refractivity contribution in [3.8, 4) is 0 Å². The summed E-state index contributed by atoms with van der Waals surface area (Å²) in [5, 5.41) is 11.4. The first-order valence-corrected chi connectivity index (χ1v) is 6.44. The summed E-state index contributed by atoms with van der Waals surface area (Å²) in [5.74, 6) is -0.0444. The third-order valence-electron chi connectivity index (χ3n) is 2.10. The molecule has 102 valence electrons. The van der Waals surface area contributed by atoms with Gasteiger partial charge in [-0.3, -0.25) is 0 Å². The molecule has 0 aliphatic rings. The van der Waals surface area contributed by atoms with Gasteiger partial charge in [-0.25, -0.2) is 4.72 Å². The molecule has 0 radical (unpaired) electrons. The Kier molecular flexibility index (Phi) is 6.39. The van der Waals surface area contributed by atoms with Crippen LogP contribution in [0.1, 0.15) is 13.8 Å². The second kappa shape index (κ2) is 6.74. The summed E-state index contributed by atoms with van der Waals surface area (Å²) < 4.78 is 32.2. The average Bonchev–Trinajstić information content (AvgIpc) is 2.26. The van der Waals surface area contributed by atoms with Crippen LogP contribution in [0.3, 0.4) is 0 Å². The Hall–Kier alpha value is -0.900. The van der Waals surface area contributed by atoms with E-state index in [0.29, 0.717) is 0 Å². The van der Waals surface area contributed by atoms with E-state index in [1.807, 2.05) is 0 Å². The summed E-state index contributed by atoms with van der Waals surface area (Å²) >= 11 is 0. The van der Waals surface area contributed by atoms with Gasteiger partial charge in [-0.1, -0.05) is 19.0 Å².